The van der Waals surface area contributed by atoms with Gasteiger partial charge in [-0.3, -0.25) is 0 Å². The van der Waals surface area contributed by atoms with Crippen LogP contribution in [0.15, 0.2) is 0 Å². The predicted molar refractivity (Wildman–Crippen MR) is 138 cm³/mol. The summed E-state index contributed by atoms with van der Waals surface area (Å²) in [7, 11) is -1.25. The molecule has 0 radical (unpaired) electrons. The molecule has 0 aliphatic carbocycles. The molecule has 4 heteroatoms. The highest BCUT2D eigenvalue weighted by molar-refractivity contribution is 7.41. The second-order valence-electron chi connectivity index (χ2n) is 13.7. The van der Waals surface area contributed by atoms with Gasteiger partial charge in [0, 0.05) is 0 Å². The number of hydrogen-bond donors (Lipinski definition) is 0. The Morgan fingerprint density at radius 3 is 0.903 bits per heavy atom. The highest BCUT2D eigenvalue weighted by atomic mass is 31.2. The molecule has 31 heavy (non-hydrogen) atoms. The molecule has 188 valence electrons. The maximum Gasteiger partial charge on any atom is 0.332 e. The van der Waals surface area contributed by atoms with Crippen LogP contribution in [0.3, 0.4) is 0 Å². The van der Waals surface area contributed by atoms with E-state index >= 15 is 0 Å². The van der Waals surface area contributed by atoms with E-state index in [0.29, 0.717) is 34.0 Å². The summed E-state index contributed by atoms with van der Waals surface area (Å²) in [6.07, 6.45) is 6.82. The van der Waals surface area contributed by atoms with Gasteiger partial charge >= 0.3 is 8.60 Å². The summed E-state index contributed by atoms with van der Waals surface area (Å²) in [4.78, 5) is 0. The zero-order valence-corrected chi connectivity index (χ0v) is 24.2. The Balaban J connectivity index is 4.50. The molecule has 0 aromatic heterocycles. The Kier molecular flexibility index (Phi) is 14.7. The van der Waals surface area contributed by atoms with Crippen LogP contribution < -0.4 is 0 Å². The van der Waals surface area contributed by atoms with E-state index in [4.69, 9.17) is 13.6 Å². The van der Waals surface area contributed by atoms with Gasteiger partial charge in [-0.15, -0.1) is 0 Å². The first-order valence-electron chi connectivity index (χ1n) is 12.7. The van der Waals surface area contributed by atoms with E-state index in [0.717, 1.165) is 39.1 Å². The molecule has 3 unspecified atom stereocenters. The first-order chi connectivity index (χ1) is 14.0. The van der Waals surface area contributed by atoms with Crippen molar-refractivity contribution in [1.82, 2.24) is 0 Å². The predicted octanol–water partition coefficient (Wildman–Crippen LogP) is 9.65. The van der Waals surface area contributed by atoms with Gasteiger partial charge in [-0.2, -0.15) is 0 Å². The van der Waals surface area contributed by atoms with Crippen molar-refractivity contribution < 1.29 is 13.6 Å². The van der Waals surface area contributed by atoms with Crippen molar-refractivity contribution in [2.75, 3.05) is 19.8 Å². The van der Waals surface area contributed by atoms with Gasteiger partial charge < -0.3 is 13.6 Å². The molecule has 0 spiro atoms. The fourth-order valence-corrected chi connectivity index (χ4v) is 5.53. The van der Waals surface area contributed by atoms with E-state index in [9.17, 15) is 0 Å². The van der Waals surface area contributed by atoms with Crippen molar-refractivity contribution >= 4 is 8.60 Å². The van der Waals surface area contributed by atoms with Crippen LogP contribution in [0.2, 0.25) is 0 Å². The van der Waals surface area contributed by atoms with Crippen molar-refractivity contribution in [2.45, 2.75) is 122 Å². The number of rotatable bonds is 15. The summed E-state index contributed by atoms with van der Waals surface area (Å²) in [6, 6.07) is 0. The zero-order valence-electron chi connectivity index (χ0n) is 23.3. The van der Waals surface area contributed by atoms with Gasteiger partial charge in [0.05, 0.1) is 19.8 Å². The molecule has 0 saturated heterocycles. The molecule has 3 nitrogen and oxygen atoms in total. The third-order valence-corrected chi connectivity index (χ3v) is 6.48. The largest absolute Gasteiger partial charge is 0.332 e. The first kappa shape index (κ1) is 31.3. The van der Waals surface area contributed by atoms with Crippen LogP contribution in [0.4, 0.5) is 0 Å². The molecular formula is C27H57O3P. The average Bonchev–Trinajstić information content (AvgIpc) is 2.49. The molecule has 0 bridgehead atoms. The Bertz CT molecular complexity index is 378. The summed E-state index contributed by atoms with van der Waals surface area (Å²) in [5, 5.41) is 0. The fraction of sp³-hybridized carbons (Fsp3) is 1.00. The van der Waals surface area contributed by atoms with E-state index in [2.05, 4.69) is 83.1 Å². The molecule has 0 aliphatic heterocycles. The summed E-state index contributed by atoms with van der Waals surface area (Å²) in [5.74, 6) is 1.95. The molecule has 0 N–H and O–H groups in total. The molecule has 0 aromatic rings. The third kappa shape index (κ3) is 21.9. The first-order valence-corrected chi connectivity index (χ1v) is 13.8. The van der Waals surface area contributed by atoms with E-state index in [1.165, 1.54) is 19.3 Å². The maximum atomic E-state index is 6.11. The Morgan fingerprint density at radius 2 is 0.710 bits per heavy atom. The van der Waals surface area contributed by atoms with E-state index in [-0.39, 0.29) is 0 Å². The van der Waals surface area contributed by atoms with Gasteiger partial charge in [-0.1, -0.05) is 83.1 Å². The molecule has 0 rings (SSSR count). The van der Waals surface area contributed by atoms with Gasteiger partial charge in [0.25, 0.3) is 0 Å². The lowest BCUT2D eigenvalue weighted by atomic mass is 9.84. The SMILES string of the molecule is CC(CCOP(OCCC(C)CC(C)(C)C)OCCC(C)CC(C)(C)C)CC(C)(C)C. The lowest BCUT2D eigenvalue weighted by molar-refractivity contribution is 0.134. The molecular weight excluding hydrogens is 403 g/mol. The average molecular weight is 461 g/mol. The van der Waals surface area contributed by atoms with E-state index in [1.807, 2.05) is 0 Å². The van der Waals surface area contributed by atoms with Crippen LogP contribution >= 0.6 is 8.60 Å². The van der Waals surface area contributed by atoms with Crippen molar-refractivity contribution in [1.29, 1.82) is 0 Å². The molecule has 3 atom stereocenters. The van der Waals surface area contributed by atoms with Crippen molar-refractivity contribution in [2.24, 2.45) is 34.0 Å². The summed E-state index contributed by atoms with van der Waals surface area (Å²) in [5.41, 5.74) is 1.09. The van der Waals surface area contributed by atoms with Crippen LogP contribution in [-0.2, 0) is 13.6 Å². The van der Waals surface area contributed by atoms with Crippen LogP contribution in [0.1, 0.15) is 122 Å². The van der Waals surface area contributed by atoms with Crippen LogP contribution in [-0.4, -0.2) is 19.8 Å². The normalized spacial score (nSPS) is 17.4. The minimum atomic E-state index is -1.25. The lowest BCUT2D eigenvalue weighted by Crippen LogP contribution is -2.14. The van der Waals surface area contributed by atoms with E-state index in [1.54, 1.807) is 0 Å². The second-order valence-corrected chi connectivity index (χ2v) is 14.9. The third-order valence-electron chi connectivity index (χ3n) is 5.30. The topological polar surface area (TPSA) is 27.7 Å². The fourth-order valence-electron chi connectivity index (χ4n) is 4.54. The monoisotopic (exact) mass is 460 g/mol. The summed E-state index contributed by atoms with van der Waals surface area (Å²) in [6.45, 7) is 29.9. The van der Waals surface area contributed by atoms with Crippen molar-refractivity contribution in [3.05, 3.63) is 0 Å². The van der Waals surface area contributed by atoms with Gasteiger partial charge in [0.15, 0.2) is 0 Å². The Labute approximate surface area is 197 Å². The molecule has 0 aromatic carbocycles. The van der Waals surface area contributed by atoms with Crippen molar-refractivity contribution in [3.8, 4) is 0 Å². The minimum absolute atomic E-state index is 0.365. The molecule has 0 aliphatic rings. The highest BCUT2D eigenvalue weighted by Gasteiger charge is 2.20. The number of hydrogen-bond acceptors (Lipinski definition) is 3. The Hall–Kier alpha value is 0.310. The minimum Gasteiger partial charge on any atom is -0.312 e. The van der Waals surface area contributed by atoms with E-state index < -0.39 is 8.60 Å². The van der Waals surface area contributed by atoms with Crippen molar-refractivity contribution in [3.63, 3.8) is 0 Å². The summed E-state index contributed by atoms with van der Waals surface area (Å²) >= 11 is 0. The van der Waals surface area contributed by atoms with Gasteiger partial charge in [-0.25, -0.2) is 0 Å². The molecule has 0 fully saturated rings. The lowest BCUT2D eigenvalue weighted by Gasteiger charge is -2.25. The quantitative estimate of drug-likeness (QED) is 0.228. The van der Waals surface area contributed by atoms with Crippen LogP contribution in [0.5, 0.6) is 0 Å². The maximum absolute atomic E-state index is 6.11. The van der Waals surface area contributed by atoms with Gasteiger partial charge in [0.1, 0.15) is 0 Å². The molecule has 0 amide bonds. The molecule has 0 heterocycles. The van der Waals surface area contributed by atoms with Gasteiger partial charge in [0.2, 0.25) is 0 Å². The van der Waals surface area contributed by atoms with Gasteiger partial charge in [-0.05, 0) is 72.5 Å². The highest BCUT2D eigenvalue weighted by Crippen LogP contribution is 2.41. The zero-order chi connectivity index (χ0) is 24.3. The van der Waals surface area contributed by atoms with Crippen LogP contribution in [0.25, 0.3) is 0 Å². The smallest absolute Gasteiger partial charge is 0.312 e. The second kappa shape index (κ2) is 14.5. The Morgan fingerprint density at radius 1 is 0.484 bits per heavy atom. The molecule has 0 saturated carbocycles. The summed E-state index contributed by atoms with van der Waals surface area (Å²) < 4.78 is 18.3. The van der Waals surface area contributed by atoms with Crippen LogP contribution in [0, 0.1) is 34.0 Å². The standard InChI is InChI=1S/C27H57O3P/c1-22(19-25(4,5)6)13-16-28-31(29-17-14-23(2)20-26(7,8)9)30-18-15-24(3)21-27(10,11)12/h22-24H,13-21H2,1-12H3.